The number of carbonyl (C=O) groups excluding carboxylic acids is 4. The third kappa shape index (κ3) is 6.62. The zero-order valence-corrected chi connectivity index (χ0v) is 32.2. The Labute approximate surface area is 333 Å². The van der Waals surface area contributed by atoms with E-state index in [4.69, 9.17) is 14.5 Å². The topological polar surface area (TPSA) is 171 Å². The molecule has 58 heavy (non-hydrogen) atoms. The number of carbonyl (C=O) groups is 4. The van der Waals surface area contributed by atoms with Crippen LogP contribution in [0, 0.1) is 24.1 Å². The van der Waals surface area contributed by atoms with E-state index in [1.54, 1.807) is 24.5 Å². The minimum absolute atomic E-state index is 0.142. The standard InChI is InChI=1S/C42H44FN9O6/c1-23-30(18-46-39-37(23)44-8-11-57-39)29-12-25-14-34(45-17-26(25)13-31(29)43)48-41(56)58-27-15-42(16-27)6-9-50(10-7-42)19-24-20-51(21-24)35-4-2-28-32(47-35)22-52(40(28)55)33-3-5-36(53)49-38(33)54/h2,4,12-14,17-18,24,27,33,44H,3,5-11,15-16,19-22H2,1H3,(H,45,48,56)(H,49,53,54). The monoisotopic (exact) mass is 789 g/mol. The highest BCUT2D eigenvalue weighted by molar-refractivity contribution is 6.05. The second kappa shape index (κ2) is 14.2. The Morgan fingerprint density at radius 1 is 1.03 bits per heavy atom. The number of benzene rings is 1. The van der Waals surface area contributed by atoms with Crippen LogP contribution in [0.4, 0.5) is 26.5 Å². The van der Waals surface area contributed by atoms with Crippen LogP contribution in [0.2, 0.25) is 0 Å². The third-order valence-corrected chi connectivity index (χ3v) is 12.9. The Morgan fingerprint density at radius 3 is 2.67 bits per heavy atom. The number of hydrogen-bond acceptors (Lipinski definition) is 12. The number of imide groups is 1. The molecule has 4 fully saturated rings. The van der Waals surface area contributed by atoms with Crippen LogP contribution in [0.15, 0.2) is 42.7 Å². The number of pyridine rings is 3. The number of fused-ring (bicyclic) bond motifs is 3. The van der Waals surface area contributed by atoms with Crippen molar-refractivity contribution in [3.8, 4) is 17.0 Å². The summed E-state index contributed by atoms with van der Waals surface area (Å²) in [6.07, 6.45) is 6.88. The average Bonchev–Trinajstić information content (AvgIpc) is 3.51. The van der Waals surface area contributed by atoms with Gasteiger partial charge in [-0.3, -0.25) is 25.0 Å². The molecule has 4 amide bonds. The minimum atomic E-state index is -0.648. The summed E-state index contributed by atoms with van der Waals surface area (Å²) < 4.78 is 26.8. The highest BCUT2D eigenvalue weighted by Crippen LogP contribution is 2.50. The molecule has 3 N–H and O–H groups in total. The van der Waals surface area contributed by atoms with Crippen molar-refractivity contribution in [1.82, 2.24) is 30.1 Å². The summed E-state index contributed by atoms with van der Waals surface area (Å²) in [5.74, 6) is 0.902. The van der Waals surface area contributed by atoms with Crippen molar-refractivity contribution in [2.24, 2.45) is 11.3 Å². The lowest BCUT2D eigenvalue weighted by Gasteiger charge is -2.52. The molecule has 1 atom stereocenters. The molecule has 16 heteroatoms. The van der Waals surface area contributed by atoms with Gasteiger partial charge < -0.3 is 29.5 Å². The maximum absolute atomic E-state index is 15.3. The number of halogens is 1. The Balaban J connectivity index is 0.678. The van der Waals surface area contributed by atoms with E-state index in [9.17, 15) is 19.2 Å². The molecule has 1 saturated carbocycles. The minimum Gasteiger partial charge on any atom is -0.474 e. The van der Waals surface area contributed by atoms with Crippen LogP contribution in [0.25, 0.3) is 21.9 Å². The van der Waals surface area contributed by atoms with Crippen molar-refractivity contribution >= 4 is 51.9 Å². The Kier molecular flexibility index (Phi) is 8.91. The third-order valence-electron chi connectivity index (χ3n) is 12.9. The number of likely N-dealkylation sites (tertiary alicyclic amines) is 1. The molecule has 1 unspecified atom stereocenters. The zero-order valence-electron chi connectivity index (χ0n) is 32.2. The second-order valence-electron chi connectivity index (χ2n) is 16.7. The Hall–Kier alpha value is -5.90. The van der Waals surface area contributed by atoms with Gasteiger partial charge in [0.05, 0.1) is 17.8 Å². The normalized spacial score (nSPS) is 21.8. The number of amides is 4. The van der Waals surface area contributed by atoms with E-state index in [0.717, 1.165) is 80.9 Å². The lowest BCUT2D eigenvalue weighted by atomic mass is 9.61. The maximum atomic E-state index is 15.3. The van der Waals surface area contributed by atoms with Crippen LogP contribution in [0.1, 0.15) is 60.1 Å². The quantitative estimate of drug-likeness (QED) is 0.222. The summed E-state index contributed by atoms with van der Waals surface area (Å²) in [5, 5.41) is 9.76. The van der Waals surface area contributed by atoms with Gasteiger partial charge in [-0.15, -0.1) is 0 Å². The molecule has 1 aromatic carbocycles. The van der Waals surface area contributed by atoms with Gasteiger partial charge in [-0.1, -0.05) is 0 Å². The van der Waals surface area contributed by atoms with Crippen molar-refractivity contribution in [2.45, 2.75) is 64.1 Å². The summed E-state index contributed by atoms with van der Waals surface area (Å²) in [5.41, 5.74) is 4.09. The van der Waals surface area contributed by atoms with E-state index >= 15 is 4.39 Å². The lowest BCUT2D eigenvalue weighted by Crippen LogP contribution is -2.55. The van der Waals surface area contributed by atoms with Gasteiger partial charge in [0.25, 0.3) is 5.91 Å². The number of rotatable bonds is 7. The molecule has 5 aliphatic heterocycles. The lowest BCUT2D eigenvalue weighted by molar-refractivity contribution is -0.136. The van der Waals surface area contributed by atoms with Crippen LogP contribution < -0.4 is 25.6 Å². The van der Waals surface area contributed by atoms with Gasteiger partial charge in [0.2, 0.25) is 17.7 Å². The fourth-order valence-electron chi connectivity index (χ4n) is 9.66. The molecule has 3 saturated heterocycles. The molecule has 4 aromatic rings. The van der Waals surface area contributed by atoms with Gasteiger partial charge >= 0.3 is 6.09 Å². The van der Waals surface area contributed by atoms with Gasteiger partial charge in [-0.25, -0.2) is 24.1 Å². The Morgan fingerprint density at radius 2 is 1.86 bits per heavy atom. The fourth-order valence-corrected chi connectivity index (χ4v) is 9.66. The van der Waals surface area contributed by atoms with Gasteiger partial charge in [-0.2, -0.15) is 0 Å². The van der Waals surface area contributed by atoms with Gasteiger partial charge in [-0.05, 0) is 98.8 Å². The van der Waals surface area contributed by atoms with E-state index in [1.165, 1.54) is 11.0 Å². The van der Waals surface area contributed by atoms with Crippen molar-refractivity contribution < 1.29 is 33.0 Å². The van der Waals surface area contributed by atoms with Crippen LogP contribution in [0.3, 0.4) is 0 Å². The first kappa shape index (κ1) is 36.4. The predicted molar refractivity (Wildman–Crippen MR) is 211 cm³/mol. The summed E-state index contributed by atoms with van der Waals surface area (Å²) in [6.45, 7) is 8.20. The molecule has 300 valence electrons. The molecule has 10 rings (SSSR count). The zero-order chi connectivity index (χ0) is 39.7. The molecule has 1 spiro atoms. The van der Waals surface area contributed by atoms with Crippen LogP contribution in [0.5, 0.6) is 5.88 Å². The number of aromatic nitrogens is 3. The molecule has 0 bridgehead atoms. The summed E-state index contributed by atoms with van der Waals surface area (Å²) in [6, 6.07) is 7.98. The van der Waals surface area contributed by atoms with Crippen LogP contribution >= 0.6 is 0 Å². The maximum Gasteiger partial charge on any atom is 0.413 e. The van der Waals surface area contributed by atoms with E-state index in [-0.39, 0.29) is 42.1 Å². The highest BCUT2D eigenvalue weighted by atomic mass is 19.1. The molecule has 15 nitrogen and oxygen atoms in total. The molecule has 0 radical (unpaired) electrons. The molecular formula is C42H44FN9O6. The summed E-state index contributed by atoms with van der Waals surface area (Å²) in [7, 11) is 0. The summed E-state index contributed by atoms with van der Waals surface area (Å²) in [4.78, 5) is 69.8. The highest BCUT2D eigenvalue weighted by Gasteiger charge is 2.48. The molecule has 1 aliphatic carbocycles. The first-order valence-electron chi connectivity index (χ1n) is 20.1. The molecule has 6 aliphatic rings. The van der Waals surface area contributed by atoms with Gasteiger partial charge in [0.15, 0.2) is 0 Å². The smallest absolute Gasteiger partial charge is 0.413 e. The number of nitrogens with one attached hydrogen (secondary N) is 3. The molecule has 8 heterocycles. The first-order chi connectivity index (χ1) is 28.1. The number of ether oxygens (including phenoxy) is 2. The number of anilines is 3. The number of nitrogens with zero attached hydrogens (tertiary/aromatic N) is 6. The number of piperidine rings is 2. The largest absolute Gasteiger partial charge is 0.474 e. The number of hydrogen-bond donors (Lipinski definition) is 3. The second-order valence-corrected chi connectivity index (χ2v) is 16.7. The van der Waals surface area contributed by atoms with E-state index in [0.29, 0.717) is 65.0 Å². The SMILES string of the molecule is Cc1c(-c2cc3cc(NC(=O)OC4CC5(CCN(CC6CN(c7ccc8c(n7)CN(C7CCC(=O)NC7=O)C8=O)C6)CC5)C4)ncc3cc2F)cnc2c1NCCO2. The molecular weight excluding hydrogens is 746 g/mol. The van der Waals surface area contributed by atoms with E-state index < -0.39 is 18.0 Å². The summed E-state index contributed by atoms with van der Waals surface area (Å²) >= 11 is 0. The van der Waals surface area contributed by atoms with Gasteiger partial charge in [0, 0.05) is 67.4 Å². The van der Waals surface area contributed by atoms with Crippen molar-refractivity contribution in [3.05, 3.63) is 65.4 Å². The van der Waals surface area contributed by atoms with E-state index in [1.807, 2.05) is 19.1 Å². The van der Waals surface area contributed by atoms with Gasteiger partial charge in [0.1, 0.15) is 41.9 Å². The van der Waals surface area contributed by atoms with Crippen molar-refractivity contribution in [1.29, 1.82) is 0 Å². The predicted octanol–water partition coefficient (Wildman–Crippen LogP) is 4.63. The molecule has 3 aromatic heterocycles. The van der Waals surface area contributed by atoms with Crippen LogP contribution in [-0.2, 0) is 20.9 Å². The average molecular weight is 790 g/mol. The fraction of sp³-hybridized carbons (Fsp3) is 0.452. The first-order valence-corrected chi connectivity index (χ1v) is 20.1. The van der Waals surface area contributed by atoms with Crippen LogP contribution in [-0.4, -0.2) is 107 Å². The van der Waals surface area contributed by atoms with E-state index in [2.05, 4.69) is 35.7 Å². The Bertz CT molecular complexity index is 2370. The van der Waals surface area contributed by atoms with Crippen molar-refractivity contribution in [3.63, 3.8) is 0 Å². The van der Waals surface area contributed by atoms with Crippen molar-refractivity contribution in [2.75, 3.05) is 61.4 Å².